The fourth-order valence-electron chi connectivity index (χ4n) is 3.29. The highest BCUT2D eigenvalue weighted by atomic mass is 16.3. The first-order chi connectivity index (χ1) is 8.67. The van der Waals surface area contributed by atoms with Crippen LogP contribution in [0.1, 0.15) is 37.8 Å². The van der Waals surface area contributed by atoms with Crippen molar-refractivity contribution in [1.82, 2.24) is 4.90 Å². The molecule has 18 heavy (non-hydrogen) atoms. The summed E-state index contributed by atoms with van der Waals surface area (Å²) < 4.78 is 0. The van der Waals surface area contributed by atoms with Crippen LogP contribution in [0.25, 0.3) is 0 Å². The molecule has 1 aromatic carbocycles. The fraction of sp³-hybridized carbons (Fsp3) is 0.625. The van der Waals surface area contributed by atoms with Crippen LogP contribution in [0.3, 0.4) is 0 Å². The van der Waals surface area contributed by atoms with Crippen molar-refractivity contribution >= 4 is 0 Å². The monoisotopic (exact) mass is 247 g/mol. The summed E-state index contributed by atoms with van der Waals surface area (Å²) in [6.45, 7) is 5.66. The smallest absolute Gasteiger partial charge is 0.119 e. The molecule has 100 valence electrons. The number of nitrogens with zero attached hydrogens (tertiary/aromatic N) is 1. The molecule has 1 aliphatic carbocycles. The Labute approximate surface area is 111 Å². The lowest BCUT2D eigenvalue weighted by atomic mass is 9.78. The van der Waals surface area contributed by atoms with E-state index >= 15 is 0 Å². The van der Waals surface area contributed by atoms with Crippen LogP contribution in [0.15, 0.2) is 18.2 Å². The Kier molecular flexibility index (Phi) is 4.28. The maximum Gasteiger partial charge on any atom is 0.119 e. The minimum atomic E-state index is 0.488. The third-order valence-electron chi connectivity index (χ3n) is 4.35. The molecule has 0 aromatic heterocycles. The summed E-state index contributed by atoms with van der Waals surface area (Å²) in [6, 6.07) is 6.59. The van der Waals surface area contributed by atoms with Crippen molar-refractivity contribution in [1.29, 1.82) is 0 Å². The van der Waals surface area contributed by atoms with Crippen LogP contribution in [0.2, 0.25) is 0 Å². The minimum Gasteiger partial charge on any atom is -0.508 e. The molecule has 2 rings (SSSR count). The molecular formula is C16H25NO. The lowest BCUT2D eigenvalue weighted by Crippen LogP contribution is -2.43. The standard InChI is InChI=1S/C16H25NO/c1-4-9-17(3)15-11-13-7-6-8-16(18)14(13)10-12(15)5-2/h6-8,12,15,18H,4-5,9-11H2,1-3H3. The van der Waals surface area contributed by atoms with E-state index in [2.05, 4.69) is 31.9 Å². The number of phenols is 1. The largest absolute Gasteiger partial charge is 0.508 e. The van der Waals surface area contributed by atoms with Crippen molar-refractivity contribution in [2.75, 3.05) is 13.6 Å². The van der Waals surface area contributed by atoms with Crippen LogP contribution in [-0.2, 0) is 12.8 Å². The second-order valence-electron chi connectivity index (χ2n) is 5.54. The minimum absolute atomic E-state index is 0.488. The van der Waals surface area contributed by atoms with Crippen LogP contribution in [-0.4, -0.2) is 29.6 Å². The van der Waals surface area contributed by atoms with Gasteiger partial charge in [-0.2, -0.15) is 0 Å². The van der Waals surface area contributed by atoms with Crippen molar-refractivity contribution < 1.29 is 5.11 Å². The molecule has 1 N–H and O–H groups in total. The maximum atomic E-state index is 9.98. The summed E-state index contributed by atoms with van der Waals surface area (Å²) in [5.41, 5.74) is 2.53. The second kappa shape index (κ2) is 5.75. The molecule has 0 radical (unpaired) electrons. The van der Waals surface area contributed by atoms with E-state index in [1.807, 2.05) is 12.1 Å². The predicted molar refractivity (Wildman–Crippen MR) is 76.0 cm³/mol. The van der Waals surface area contributed by atoms with E-state index < -0.39 is 0 Å². The lowest BCUT2D eigenvalue weighted by molar-refractivity contribution is 0.159. The number of likely N-dealkylation sites (N-methyl/N-ethyl adjacent to an activating group) is 1. The van der Waals surface area contributed by atoms with Crippen molar-refractivity contribution in [2.45, 2.75) is 45.6 Å². The molecule has 0 fully saturated rings. The normalized spacial score (nSPS) is 23.1. The molecule has 0 saturated heterocycles. The summed E-state index contributed by atoms with van der Waals surface area (Å²) in [5.74, 6) is 1.16. The fourth-order valence-corrected chi connectivity index (χ4v) is 3.29. The van der Waals surface area contributed by atoms with E-state index in [0.717, 1.165) is 19.4 Å². The molecule has 2 heteroatoms. The molecule has 0 saturated carbocycles. The van der Waals surface area contributed by atoms with Crippen LogP contribution in [0, 0.1) is 5.92 Å². The predicted octanol–water partition coefficient (Wildman–Crippen LogP) is 3.23. The van der Waals surface area contributed by atoms with Gasteiger partial charge < -0.3 is 10.0 Å². The van der Waals surface area contributed by atoms with Gasteiger partial charge in [-0.25, -0.2) is 0 Å². The van der Waals surface area contributed by atoms with Crippen LogP contribution in [0.4, 0.5) is 0 Å². The molecule has 1 aliphatic rings. The van der Waals surface area contributed by atoms with Crippen molar-refractivity contribution in [3.05, 3.63) is 29.3 Å². The van der Waals surface area contributed by atoms with E-state index in [9.17, 15) is 5.11 Å². The van der Waals surface area contributed by atoms with Crippen molar-refractivity contribution in [3.8, 4) is 5.75 Å². The molecule has 0 bridgehead atoms. The highest BCUT2D eigenvalue weighted by Crippen LogP contribution is 2.34. The zero-order chi connectivity index (χ0) is 13.1. The Morgan fingerprint density at radius 3 is 2.72 bits per heavy atom. The first kappa shape index (κ1) is 13.4. The highest BCUT2D eigenvalue weighted by molar-refractivity contribution is 5.41. The van der Waals surface area contributed by atoms with Crippen LogP contribution >= 0.6 is 0 Å². The summed E-state index contributed by atoms with van der Waals surface area (Å²) in [6.07, 6.45) is 4.50. The second-order valence-corrected chi connectivity index (χ2v) is 5.54. The van der Waals surface area contributed by atoms with Gasteiger partial charge in [-0.3, -0.25) is 0 Å². The summed E-state index contributed by atoms with van der Waals surface area (Å²) in [5, 5.41) is 9.98. The van der Waals surface area contributed by atoms with Crippen LogP contribution in [0.5, 0.6) is 5.75 Å². The lowest BCUT2D eigenvalue weighted by Gasteiger charge is -2.38. The van der Waals surface area contributed by atoms with Gasteiger partial charge in [0.15, 0.2) is 0 Å². The van der Waals surface area contributed by atoms with Gasteiger partial charge in [-0.05, 0) is 56.0 Å². The molecule has 1 aromatic rings. The molecule has 2 atom stereocenters. The maximum absolute atomic E-state index is 9.98. The summed E-state index contributed by atoms with van der Waals surface area (Å²) in [4.78, 5) is 2.50. The number of benzene rings is 1. The van der Waals surface area contributed by atoms with E-state index in [-0.39, 0.29) is 0 Å². The Morgan fingerprint density at radius 1 is 1.28 bits per heavy atom. The number of hydrogen-bond acceptors (Lipinski definition) is 2. The summed E-state index contributed by atoms with van der Waals surface area (Å²) >= 11 is 0. The highest BCUT2D eigenvalue weighted by Gasteiger charge is 2.30. The van der Waals surface area contributed by atoms with E-state index in [1.165, 1.54) is 24.0 Å². The first-order valence-corrected chi connectivity index (χ1v) is 7.17. The number of fused-ring (bicyclic) bond motifs is 1. The van der Waals surface area contributed by atoms with Gasteiger partial charge in [0, 0.05) is 6.04 Å². The quantitative estimate of drug-likeness (QED) is 0.883. The molecule has 0 aliphatic heterocycles. The van der Waals surface area contributed by atoms with Crippen molar-refractivity contribution in [3.63, 3.8) is 0 Å². The van der Waals surface area contributed by atoms with Gasteiger partial charge >= 0.3 is 0 Å². The van der Waals surface area contributed by atoms with Gasteiger partial charge in [0.25, 0.3) is 0 Å². The number of phenolic OH excluding ortho intramolecular Hbond substituents is 1. The molecular weight excluding hydrogens is 222 g/mol. The topological polar surface area (TPSA) is 23.5 Å². The Hall–Kier alpha value is -1.02. The van der Waals surface area contributed by atoms with Gasteiger partial charge in [0.05, 0.1) is 0 Å². The van der Waals surface area contributed by atoms with Gasteiger partial charge in [0.1, 0.15) is 5.75 Å². The molecule has 0 heterocycles. The Morgan fingerprint density at radius 2 is 2.06 bits per heavy atom. The molecule has 2 unspecified atom stereocenters. The Balaban J connectivity index is 2.24. The zero-order valence-electron chi connectivity index (χ0n) is 11.8. The Bertz CT molecular complexity index is 402. The first-order valence-electron chi connectivity index (χ1n) is 7.17. The third kappa shape index (κ3) is 2.54. The van der Waals surface area contributed by atoms with Gasteiger partial charge in [0.2, 0.25) is 0 Å². The number of aromatic hydroxyl groups is 1. The number of rotatable bonds is 4. The average Bonchev–Trinajstić information content (AvgIpc) is 2.38. The third-order valence-corrected chi connectivity index (χ3v) is 4.35. The van der Waals surface area contributed by atoms with Crippen LogP contribution < -0.4 is 0 Å². The zero-order valence-corrected chi connectivity index (χ0v) is 11.8. The molecule has 0 spiro atoms. The summed E-state index contributed by atoms with van der Waals surface area (Å²) in [7, 11) is 2.24. The van der Waals surface area contributed by atoms with E-state index in [1.54, 1.807) is 0 Å². The molecule has 2 nitrogen and oxygen atoms in total. The van der Waals surface area contributed by atoms with Gasteiger partial charge in [-0.1, -0.05) is 32.4 Å². The van der Waals surface area contributed by atoms with E-state index in [4.69, 9.17) is 0 Å². The van der Waals surface area contributed by atoms with Gasteiger partial charge in [-0.15, -0.1) is 0 Å². The van der Waals surface area contributed by atoms with E-state index in [0.29, 0.717) is 17.7 Å². The SMILES string of the molecule is CCCN(C)C1Cc2cccc(O)c2CC1CC. The molecule has 0 amide bonds. The van der Waals surface area contributed by atoms with Crippen molar-refractivity contribution in [2.24, 2.45) is 5.92 Å². The number of hydrogen-bond donors (Lipinski definition) is 1. The average molecular weight is 247 g/mol.